The number of aliphatic hydroxyl groups excluding tert-OH is 1. The molecule has 4 N–H and O–H groups in total. The van der Waals surface area contributed by atoms with Crippen molar-refractivity contribution in [2.75, 3.05) is 31.2 Å². The number of nitrogens with two attached hydrogens (primary N) is 1. The number of hydrogen-bond acceptors (Lipinski definition) is 7. The molecule has 2 heterocycles. The molecule has 0 saturated carbocycles. The molecule has 0 aliphatic rings. The number of anilines is 2. The minimum absolute atomic E-state index is 0.0752. The first-order chi connectivity index (χ1) is 15.1. The number of halogens is 1. The Labute approximate surface area is 178 Å². The smallest absolute Gasteiger partial charge is 0.152 e. The van der Waals surface area contributed by atoms with Crippen molar-refractivity contribution in [2.24, 2.45) is 5.73 Å². The molecule has 4 aromatic rings. The Morgan fingerprint density at radius 3 is 2.77 bits per heavy atom. The van der Waals surface area contributed by atoms with Gasteiger partial charge in [-0.05, 0) is 30.7 Å². The fourth-order valence-electron chi connectivity index (χ4n) is 3.40. The van der Waals surface area contributed by atoms with Crippen LogP contribution in [0.5, 0.6) is 5.75 Å². The molecule has 0 fully saturated rings. The molecule has 8 nitrogen and oxygen atoms in total. The summed E-state index contributed by atoms with van der Waals surface area (Å²) in [5, 5.41) is 16.0. The summed E-state index contributed by atoms with van der Waals surface area (Å²) in [6.45, 7) is 2.61. The molecule has 0 unspecified atom stereocenters. The third-order valence-corrected chi connectivity index (χ3v) is 4.83. The van der Waals surface area contributed by atoms with Gasteiger partial charge in [0, 0.05) is 42.2 Å². The topological polar surface area (TPSA) is 113 Å². The van der Waals surface area contributed by atoms with Crippen LogP contribution in [0.4, 0.5) is 15.9 Å². The number of nitrogens with zero attached hydrogens (tertiary/aromatic N) is 4. The van der Waals surface area contributed by atoms with Gasteiger partial charge in [-0.15, -0.1) is 0 Å². The van der Waals surface area contributed by atoms with E-state index in [2.05, 4.69) is 15.2 Å². The fourth-order valence-corrected chi connectivity index (χ4v) is 3.40. The highest BCUT2D eigenvalue weighted by Gasteiger charge is 2.15. The van der Waals surface area contributed by atoms with E-state index in [1.54, 1.807) is 23.4 Å². The average Bonchev–Trinajstić information content (AvgIpc) is 3.20. The number of benzene rings is 2. The second-order valence-electron chi connectivity index (χ2n) is 7.00. The molecule has 31 heavy (non-hydrogen) atoms. The number of ether oxygens (including phenoxy) is 1. The quantitative estimate of drug-likeness (QED) is 0.400. The molecule has 0 aliphatic heterocycles. The third-order valence-electron chi connectivity index (χ3n) is 4.83. The molecule has 4 rings (SSSR count). The van der Waals surface area contributed by atoms with Gasteiger partial charge < -0.3 is 20.5 Å². The number of aromatic nitrogens is 4. The van der Waals surface area contributed by atoms with Crippen LogP contribution in [-0.2, 0) is 0 Å². The van der Waals surface area contributed by atoms with Crippen molar-refractivity contribution in [3.05, 3.63) is 60.3 Å². The first-order valence-corrected chi connectivity index (χ1v) is 9.88. The molecular formula is C22H23FN6O2. The van der Waals surface area contributed by atoms with Crippen molar-refractivity contribution < 1.29 is 14.2 Å². The molecule has 0 amide bonds. The number of aryl methyl sites for hydroxylation is 1. The molecule has 2 aromatic heterocycles. The Morgan fingerprint density at radius 1 is 1.16 bits per heavy atom. The van der Waals surface area contributed by atoms with E-state index in [4.69, 9.17) is 20.6 Å². The second-order valence-corrected chi connectivity index (χ2v) is 7.00. The maximum atomic E-state index is 14.2. The van der Waals surface area contributed by atoms with Gasteiger partial charge in [0.1, 0.15) is 18.2 Å². The monoisotopic (exact) mass is 422 g/mol. The van der Waals surface area contributed by atoms with Crippen LogP contribution < -0.4 is 15.4 Å². The first-order valence-electron chi connectivity index (χ1n) is 9.88. The van der Waals surface area contributed by atoms with E-state index in [-0.39, 0.29) is 13.2 Å². The lowest BCUT2D eigenvalue weighted by Crippen LogP contribution is -2.26. The van der Waals surface area contributed by atoms with Crippen LogP contribution in [0, 0.1) is 12.7 Å². The third kappa shape index (κ3) is 4.47. The zero-order chi connectivity index (χ0) is 21.8. The maximum Gasteiger partial charge on any atom is 0.152 e. The van der Waals surface area contributed by atoms with Crippen LogP contribution in [0.25, 0.3) is 22.2 Å². The zero-order valence-electron chi connectivity index (χ0n) is 17.0. The molecule has 9 heteroatoms. The van der Waals surface area contributed by atoms with Gasteiger partial charge in [0.05, 0.1) is 30.0 Å². The number of fused-ring (bicyclic) bond motifs is 1. The van der Waals surface area contributed by atoms with E-state index in [1.807, 2.05) is 25.1 Å². The van der Waals surface area contributed by atoms with E-state index < -0.39 is 5.82 Å². The number of aromatic amines is 1. The lowest BCUT2D eigenvalue weighted by molar-refractivity contribution is 0.201. The number of hydrogen-bond donors (Lipinski definition) is 3. The van der Waals surface area contributed by atoms with E-state index in [0.717, 1.165) is 22.3 Å². The Kier molecular flexibility index (Phi) is 6.06. The molecule has 0 aliphatic carbocycles. The number of H-pyrrole nitrogens is 1. The summed E-state index contributed by atoms with van der Waals surface area (Å²) in [6.07, 6.45) is 3.41. The summed E-state index contributed by atoms with van der Waals surface area (Å²) < 4.78 is 19.6. The van der Waals surface area contributed by atoms with E-state index in [1.165, 1.54) is 12.1 Å². The largest absolute Gasteiger partial charge is 0.491 e. The minimum atomic E-state index is -0.459. The van der Waals surface area contributed by atoms with Crippen LogP contribution in [0.2, 0.25) is 0 Å². The molecule has 0 saturated heterocycles. The Morgan fingerprint density at radius 2 is 2.03 bits per heavy atom. The van der Waals surface area contributed by atoms with Crippen molar-refractivity contribution in [1.82, 2.24) is 20.2 Å². The SMILES string of the molecule is Cc1[nH]ncc1-c1ccc2ncc(N(CCN)c3cc(F)cc(OCCO)c3)nc2c1. The summed E-state index contributed by atoms with van der Waals surface area (Å²) in [4.78, 5) is 11.1. The summed E-state index contributed by atoms with van der Waals surface area (Å²) in [5.41, 5.74) is 10.7. The molecule has 0 spiro atoms. The predicted molar refractivity (Wildman–Crippen MR) is 117 cm³/mol. The highest BCUT2D eigenvalue weighted by Crippen LogP contribution is 2.30. The summed E-state index contributed by atoms with van der Waals surface area (Å²) in [7, 11) is 0. The number of aliphatic hydroxyl groups is 1. The van der Waals surface area contributed by atoms with Gasteiger partial charge in [0.25, 0.3) is 0 Å². The number of rotatable bonds is 8. The normalized spacial score (nSPS) is 11.1. The Hall–Kier alpha value is -3.56. The van der Waals surface area contributed by atoms with Gasteiger partial charge in [0.15, 0.2) is 5.82 Å². The standard InChI is InChI=1S/C22H23FN6O2/c1-14-19(12-26-28-14)15-2-3-20-21(8-15)27-22(13-25-20)29(5-4-24)17-9-16(23)10-18(11-17)31-7-6-30/h2-3,8-13,30H,4-7,24H2,1H3,(H,26,28). The highest BCUT2D eigenvalue weighted by atomic mass is 19.1. The minimum Gasteiger partial charge on any atom is -0.491 e. The van der Waals surface area contributed by atoms with Gasteiger partial charge in [-0.2, -0.15) is 5.10 Å². The Balaban J connectivity index is 1.75. The molecule has 0 radical (unpaired) electrons. The molecule has 2 aromatic carbocycles. The van der Waals surface area contributed by atoms with Gasteiger partial charge in [0.2, 0.25) is 0 Å². The molecule has 0 bridgehead atoms. The lowest BCUT2D eigenvalue weighted by Gasteiger charge is -2.24. The Bertz CT molecular complexity index is 1200. The number of nitrogens with one attached hydrogen (secondary N) is 1. The van der Waals surface area contributed by atoms with Crippen LogP contribution in [0.3, 0.4) is 0 Å². The predicted octanol–water partition coefficient (Wildman–Crippen LogP) is 2.94. The van der Waals surface area contributed by atoms with Crippen LogP contribution in [0.15, 0.2) is 48.8 Å². The average molecular weight is 422 g/mol. The van der Waals surface area contributed by atoms with Gasteiger partial charge >= 0.3 is 0 Å². The summed E-state index contributed by atoms with van der Waals surface area (Å²) in [6, 6.07) is 10.2. The maximum absolute atomic E-state index is 14.2. The highest BCUT2D eigenvalue weighted by molar-refractivity contribution is 5.83. The van der Waals surface area contributed by atoms with Crippen molar-refractivity contribution >= 4 is 22.5 Å². The van der Waals surface area contributed by atoms with Crippen molar-refractivity contribution in [1.29, 1.82) is 0 Å². The van der Waals surface area contributed by atoms with Crippen LogP contribution in [-0.4, -0.2) is 51.6 Å². The summed E-state index contributed by atoms with van der Waals surface area (Å²) in [5.74, 6) is 0.397. The van der Waals surface area contributed by atoms with E-state index in [9.17, 15) is 4.39 Å². The first kappa shape index (κ1) is 20.7. The molecular weight excluding hydrogens is 399 g/mol. The zero-order valence-corrected chi connectivity index (χ0v) is 17.0. The van der Waals surface area contributed by atoms with E-state index >= 15 is 0 Å². The molecule has 160 valence electrons. The van der Waals surface area contributed by atoms with Crippen molar-refractivity contribution in [3.63, 3.8) is 0 Å². The second kappa shape index (κ2) is 9.07. The molecule has 0 atom stereocenters. The van der Waals surface area contributed by atoms with Gasteiger partial charge in [-0.25, -0.2) is 9.37 Å². The lowest BCUT2D eigenvalue weighted by atomic mass is 10.1. The van der Waals surface area contributed by atoms with Crippen molar-refractivity contribution in [3.8, 4) is 16.9 Å². The fraction of sp³-hybridized carbons (Fsp3) is 0.227. The van der Waals surface area contributed by atoms with Gasteiger partial charge in [-0.1, -0.05) is 6.07 Å². The van der Waals surface area contributed by atoms with Gasteiger partial charge in [-0.3, -0.25) is 10.1 Å². The van der Waals surface area contributed by atoms with Crippen LogP contribution >= 0.6 is 0 Å². The van der Waals surface area contributed by atoms with Crippen molar-refractivity contribution in [2.45, 2.75) is 6.92 Å². The summed E-state index contributed by atoms with van der Waals surface area (Å²) >= 11 is 0. The van der Waals surface area contributed by atoms with E-state index in [0.29, 0.717) is 35.9 Å². The van der Waals surface area contributed by atoms with Crippen LogP contribution in [0.1, 0.15) is 5.69 Å².